The van der Waals surface area contributed by atoms with Crippen molar-refractivity contribution < 1.29 is 14.7 Å². The molecule has 1 aliphatic rings. The normalized spacial score (nSPS) is 23.0. The van der Waals surface area contributed by atoms with E-state index in [9.17, 15) is 14.7 Å². The zero-order valence-corrected chi connectivity index (χ0v) is 11.9. The van der Waals surface area contributed by atoms with E-state index in [4.69, 9.17) is 0 Å². The molecule has 0 aromatic carbocycles. The van der Waals surface area contributed by atoms with Crippen molar-refractivity contribution in [3.8, 4) is 0 Å². The maximum Gasteiger partial charge on any atom is 0.330 e. The van der Waals surface area contributed by atoms with Crippen LogP contribution in [0.15, 0.2) is 6.07 Å². The monoisotopic (exact) mass is 285 g/mol. The number of hydrogen-bond acceptors (Lipinski definition) is 4. The van der Waals surface area contributed by atoms with Crippen molar-refractivity contribution in [3.05, 3.63) is 21.4 Å². The molecular formula is C12H15NO3S2. The van der Waals surface area contributed by atoms with Gasteiger partial charge in [0.05, 0.1) is 4.88 Å². The summed E-state index contributed by atoms with van der Waals surface area (Å²) >= 11 is 2.97. The lowest BCUT2D eigenvalue weighted by molar-refractivity contribution is -0.143. The second-order valence-corrected chi connectivity index (χ2v) is 6.86. The van der Waals surface area contributed by atoms with Gasteiger partial charge in [0.1, 0.15) is 5.54 Å². The Balaban J connectivity index is 2.17. The summed E-state index contributed by atoms with van der Waals surface area (Å²) in [4.78, 5) is 25.1. The number of carbonyl (C=O) groups is 2. The van der Waals surface area contributed by atoms with Gasteiger partial charge in [-0.3, -0.25) is 4.79 Å². The molecule has 1 fully saturated rings. The Morgan fingerprint density at radius 1 is 1.44 bits per heavy atom. The maximum absolute atomic E-state index is 12.1. The smallest absolute Gasteiger partial charge is 0.330 e. The minimum atomic E-state index is -1.09. The molecule has 98 valence electrons. The van der Waals surface area contributed by atoms with Crippen molar-refractivity contribution in [1.82, 2.24) is 5.32 Å². The van der Waals surface area contributed by atoms with Gasteiger partial charge in [0, 0.05) is 10.6 Å². The zero-order chi connectivity index (χ0) is 13.3. The predicted molar refractivity (Wildman–Crippen MR) is 73.6 cm³/mol. The molecule has 2 rings (SSSR count). The first-order chi connectivity index (χ1) is 8.44. The topological polar surface area (TPSA) is 66.4 Å². The number of rotatable bonds is 3. The third kappa shape index (κ3) is 2.40. The van der Waals surface area contributed by atoms with Crippen molar-refractivity contribution in [2.45, 2.75) is 25.8 Å². The van der Waals surface area contributed by atoms with E-state index in [1.54, 1.807) is 11.8 Å². The SMILES string of the molecule is Cc1cc(C(=O)N[C@@]2(C(=O)O)CCSC2)sc1C. The molecule has 0 unspecified atom stereocenters. The Labute approximate surface area is 114 Å². The van der Waals surface area contributed by atoms with E-state index in [2.05, 4.69) is 5.32 Å². The average Bonchev–Trinajstić information content (AvgIpc) is 2.88. The van der Waals surface area contributed by atoms with Gasteiger partial charge in [-0.2, -0.15) is 11.8 Å². The highest BCUT2D eigenvalue weighted by Crippen LogP contribution is 2.29. The van der Waals surface area contributed by atoms with E-state index >= 15 is 0 Å². The second-order valence-electron chi connectivity index (χ2n) is 4.49. The molecule has 1 aromatic heterocycles. The van der Waals surface area contributed by atoms with Gasteiger partial charge in [-0.1, -0.05) is 0 Å². The van der Waals surface area contributed by atoms with Crippen LogP contribution in [0.3, 0.4) is 0 Å². The first-order valence-electron chi connectivity index (χ1n) is 5.65. The van der Waals surface area contributed by atoms with Gasteiger partial charge in [0.15, 0.2) is 0 Å². The number of carboxylic acids is 1. The van der Waals surface area contributed by atoms with Gasteiger partial charge in [0.2, 0.25) is 0 Å². The number of thioether (sulfide) groups is 1. The number of aliphatic carboxylic acids is 1. The molecule has 1 amide bonds. The van der Waals surface area contributed by atoms with E-state index in [0.29, 0.717) is 17.1 Å². The number of amides is 1. The van der Waals surface area contributed by atoms with Crippen LogP contribution in [0.5, 0.6) is 0 Å². The fraction of sp³-hybridized carbons (Fsp3) is 0.500. The number of carboxylic acid groups (broad SMARTS) is 1. The van der Waals surface area contributed by atoms with Gasteiger partial charge >= 0.3 is 5.97 Å². The minimum absolute atomic E-state index is 0.277. The molecule has 0 spiro atoms. The molecule has 6 heteroatoms. The zero-order valence-electron chi connectivity index (χ0n) is 10.3. The fourth-order valence-electron chi connectivity index (χ4n) is 1.85. The fourth-order valence-corrected chi connectivity index (χ4v) is 4.10. The van der Waals surface area contributed by atoms with Gasteiger partial charge in [-0.05, 0) is 37.7 Å². The van der Waals surface area contributed by atoms with Gasteiger partial charge in [0.25, 0.3) is 5.91 Å². The summed E-state index contributed by atoms with van der Waals surface area (Å²) in [6.07, 6.45) is 0.488. The Bertz CT molecular complexity index is 470. The van der Waals surface area contributed by atoms with Crippen LogP contribution >= 0.6 is 23.1 Å². The first kappa shape index (κ1) is 13.4. The highest BCUT2D eigenvalue weighted by molar-refractivity contribution is 7.99. The number of carbonyl (C=O) groups excluding carboxylic acids is 1. The molecule has 4 nitrogen and oxygen atoms in total. The average molecular weight is 285 g/mol. The van der Waals surface area contributed by atoms with E-state index < -0.39 is 11.5 Å². The van der Waals surface area contributed by atoms with Crippen LogP contribution in [-0.4, -0.2) is 34.0 Å². The lowest BCUT2D eigenvalue weighted by Gasteiger charge is -2.24. The van der Waals surface area contributed by atoms with Gasteiger partial charge < -0.3 is 10.4 Å². The Hall–Kier alpha value is -1.01. The van der Waals surface area contributed by atoms with E-state index in [1.807, 2.05) is 19.9 Å². The minimum Gasteiger partial charge on any atom is -0.479 e. The van der Waals surface area contributed by atoms with E-state index in [0.717, 1.165) is 16.2 Å². The highest BCUT2D eigenvalue weighted by Gasteiger charge is 2.43. The highest BCUT2D eigenvalue weighted by atomic mass is 32.2. The van der Waals surface area contributed by atoms with Crippen LogP contribution in [-0.2, 0) is 4.79 Å². The quantitative estimate of drug-likeness (QED) is 0.892. The summed E-state index contributed by atoms with van der Waals surface area (Å²) in [5.74, 6) is -0.00102. The van der Waals surface area contributed by atoms with Crippen LogP contribution in [0.4, 0.5) is 0 Å². The van der Waals surface area contributed by atoms with E-state index in [-0.39, 0.29) is 5.91 Å². The van der Waals surface area contributed by atoms with Gasteiger partial charge in [-0.15, -0.1) is 11.3 Å². The van der Waals surface area contributed by atoms with Crippen LogP contribution in [0.2, 0.25) is 0 Å². The van der Waals surface area contributed by atoms with Crippen molar-refractivity contribution in [3.63, 3.8) is 0 Å². The third-order valence-electron chi connectivity index (χ3n) is 3.17. The molecule has 0 bridgehead atoms. The third-order valence-corrected chi connectivity index (χ3v) is 5.51. The lowest BCUT2D eigenvalue weighted by Crippen LogP contribution is -2.54. The number of thiophene rings is 1. The maximum atomic E-state index is 12.1. The summed E-state index contributed by atoms with van der Waals surface area (Å²) in [6, 6.07) is 1.81. The van der Waals surface area contributed by atoms with Crippen LogP contribution < -0.4 is 5.32 Å². The van der Waals surface area contributed by atoms with Crippen molar-refractivity contribution in [2.75, 3.05) is 11.5 Å². The molecule has 1 aromatic rings. The molecule has 0 radical (unpaired) electrons. The lowest BCUT2D eigenvalue weighted by atomic mass is 9.99. The molecule has 1 saturated heterocycles. The van der Waals surface area contributed by atoms with Crippen LogP contribution in [0, 0.1) is 13.8 Å². The largest absolute Gasteiger partial charge is 0.479 e. The summed E-state index contributed by atoms with van der Waals surface area (Å²) in [5, 5.41) is 12.0. The molecular weight excluding hydrogens is 270 g/mol. The number of nitrogens with one attached hydrogen (secondary N) is 1. The number of hydrogen-bond donors (Lipinski definition) is 2. The van der Waals surface area contributed by atoms with Crippen LogP contribution in [0.1, 0.15) is 26.5 Å². The summed E-state index contributed by atoms with van der Waals surface area (Å²) in [5.41, 5.74) is -0.0246. The molecule has 1 aliphatic heterocycles. The molecule has 0 saturated carbocycles. The molecule has 2 N–H and O–H groups in total. The first-order valence-corrected chi connectivity index (χ1v) is 7.62. The summed E-state index contributed by atoms with van der Waals surface area (Å²) < 4.78 is 0. The second kappa shape index (κ2) is 4.93. The van der Waals surface area contributed by atoms with Crippen molar-refractivity contribution >= 4 is 35.0 Å². The Morgan fingerprint density at radius 3 is 2.61 bits per heavy atom. The standard InChI is InChI=1S/C12H15NO3S2/c1-7-5-9(18-8(7)2)10(14)13-12(11(15)16)3-4-17-6-12/h5H,3-4,6H2,1-2H3,(H,13,14)(H,15,16)/t12-/m0/s1. The van der Waals surface area contributed by atoms with Crippen LogP contribution in [0.25, 0.3) is 0 Å². The summed E-state index contributed by atoms with van der Waals surface area (Å²) in [7, 11) is 0. The van der Waals surface area contributed by atoms with Crippen molar-refractivity contribution in [1.29, 1.82) is 0 Å². The molecule has 2 heterocycles. The van der Waals surface area contributed by atoms with Gasteiger partial charge in [-0.25, -0.2) is 4.79 Å². The number of aryl methyl sites for hydroxylation is 2. The Morgan fingerprint density at radius 2 is 2.17 bits per heavy atom. The Kier molecular flexibility index (Phi) is 3.68. The van der Waals surface area contributed by atoms with E-state index in [1.165, 1.54) is 11.3 Å². The van der Waals surface area contributed by atoms with Crippen molar-refractivity contribution in [2.24, 2.45) is 0 Å². The molecule has 1 atom stereocenters. The predicted octanol–water partition coefficient (Wildman–Crippen LogP) is 2.06. The summed E-state index contributed by atoms with van der Waals surface area (Å²) in [6.45, 7) is 3.90. The molecule has 0 aliphatic carbocycles. The molecule has 18 heavy (non-hydrogen) atoms.